The lowest BCUT2D eigenvalue weighted by Crippen LogP contribution is -2.29. The SMILES string of the molecule is CC1SC(c2ccc(OCCCC(=O)OCCn3cc[n+](C)c3)cc2)N(Cc2ccccc2)C1=O.F[B-](F)(F)F. The first kappa shape index (κ1) is 31.1. The third kappa shape index (κ3) is 10.6. The second-order valence-corrected chi connectivity index (χ2v) is 10.6. The van der Waals surface area contributed by atoms with E-state index in [4.69, 9.17) is 9.47 Å². The first-order chi connectivity index (χ1) is 19.0. The van der Waals surface area contributed by atoms with Crippen LogP contribution in [0.4, 0.5) is 17.3 Å². The van der Waals surface area contributed by atoms with Gasteiger partial charge in [0.25, 0.3) is 0 Å². The van der Waals surface area contributed by atoms with Crippen LogP contribution in [0.5, 0.6) is 5.75 Å². The molecule has 4 rings (SSSR count). The highest BCUT2D eigenvalue weighted by Gasteiger charge is 2.38. The Morgan fingerprint density at radius 3 is 2.35 bits per heavy atom. The Labute approximate surface area is 235 Å². The average molecular weight is 581 g/mol. The zero-order valence-corrected chi connectivity index (χ0v) is 23.1. The lowest BCUT2D eigenvalue weighted by Gasteiger charge is -2.24. The van der Waals surface area contributed by atoms with Gasteiger partial charge in [0.15, 0.2) is 0 Å². The van der Waals surface area contributed by atoms with Crippen molar-refractivity contribution in [1.29, 1.82) is 0 Å². The number of aromatic nitrogens is 2. The van der Waals surface area contributed by atoms with Crippen LogP contribution >= 0.6 is 11.8 Å². The van der Waals surface area contributed by atoms with Gasteiger partial charge in [0, 0.05) is 13.0 Å². The van der Waals surface area contributed by atoms with Crippen LogP contribution in [0.25, 0.3) is 0 Å². The molecular formula is C27H32BF4N3O4S. The van der Waals surface area contributed by atoms with Crippen molar-refractivity contribution in [3.05, 3.63) is 84.4 Å². The highest BCUT2D eigenvalue weighted by Crippen LogP contribution is 2.44. The summed E-state index contributed by atoms with van der Waals surface area (Å²) in [6.45, 7) is 4.00. The van der Waals surface area contributed by atoms with Crippen LogP contribution in [0.15, 0.2) is 73.3 Å². The summed E-state index contributed by atoms with van der Waals surface area (Å²) in [5.74, 6) is 0.703. The van der Waals surface area contributed by atoms with Gasteiger partial charge in [-0.05, 0) is 36.6 Å². The van der Waals surface area contributed by atoms with Crippen molar-refractivity contribution >= 4 is 30.9 Å². The van der Waals surface area contributed by atoms with Crippen LogP contribution in [0, 0.1) is 0 Å². The molecule has 2 atom stereocenters. The molecule has 0 radical (unpaired) electrons. The summed E-state index contributed by atoms with van der Waals surface area (Å²) in [4.78, 5) is 26.6. The Balaban J connectivity index is 0.000000810. The van der Waals surface area contributed by atoms with E-state index in [1.807, 2.05) is 101 Å². The largest absolute Gasteiger partial charge is 0.673 e. The zero-order chi connectivity index (χ0) is 29.1. The molecule has 0 bridgehead atoms. The minimum absolute atomic E-state index is 0.0180. The fourth-order valence-corrected chi connectivity index (χ4v) is 5.26. The summed E-state index contributed by atoms with van der Waals surface area (Å²) in [7, 11) is -4.05. The lowest BCUT2D eigenvalue weighted by atomic mass is 10.1. The molecule has 0 aliphatic carbocycles. The van der Waals surface area contributed by atoms with Gasteiger partial charge in [-0.1, -0.05) is 42.5 Å². The molecule has 13 heteroatoms. The van der Waals surface area contributed by atoms with E-state index in [9.17, 15) is 26.9 Å². The third-order valence-electron chi connectivity index (χ3n) is 5.84. The minimum Gasteiger partial charge on any atom is -0.494 e. The molecule has 1 aromatic heterocycles. The monoisotopic (exact) mass is 581 g/mol. The van der Waals surface area contributed by atoms with E-state index >= 15 is 0 Å². The van der Waals surface area contributed by atoms with Gasteiger partial charge in [-0.15, -0.1) is 11.8 Å². The fourth-order valence-electron chi connectivity index (χ4n) is 3.98. The average Bonchev–Trinajstić information content (AvgIpc) is 3.44. The topological polar surface area (TPSA) is 64.7 Å². The molecule has 1 amide bonds. The van der Waals surface area contributed by atoms with Crippen molar-refractivity contribution in [1.82, 2.24) is 9.47 Å². The van der Waals surface area contributed by atoms with Crippen molar-refractivity contribution in [3.63, 3.8) is 0 Å². The van der Waals surface area contributed by atoms with Gasteiger partial charge in [-0.3, -0.25) is 9.59 Å². The van der Waals surface area contributed by atoms with Crippen molar-refractivity contribution in [2.24, 2.45) is 7.05 Å². The molecule has 216 valence electrons. The third-order valence-corrected chi connectivity index (χ3v) is 7.23. The number of imidazole rings is 1. The van der Waals surface area contributed by atoms with Crippen molar-refractivity contribution in [2.75, 3.05) is 13.2 Å². The second kappa shape index (κ2) is 14.8. The summed E-state index contributed by atoms with van der Waals surface area (Å²) in [5, 5.41) is -0.0822. The van der Waals surface area contributed by atoms with Crippen LogP contribution in [-0.4, -0.2) is 47.1 Å². The number of benzene rings is 2. The Bertz CT molecular complexity index is 1220. The summed E-state index contributed by atoms with van der Waals surface area (Å²) in [6.07, 6.45) is 6.74. The summed E-state index contributed by atoms with van der Waals surface area (Å²) in [6, 6.07) is 18.0. The summed E-state index contributed by atoms with van der Waals surface area (Å²) >= 11 is 1.67. The predicted molar refractivity (Wildman–Crippen MR) is 145 cm³/mol. The molecule has 1 aliphatic rings. The maximum atomic E-state index is 12.8. The molecule has 40 heavy (non-hydrogen) atoms. The summed E-state index contributed by atoms with van der Waals surface area (Å²) in [5.41, 5.74) is 2.20. The van der Waals surface area contributed by atoms with E-state index < -0.39 is 7.25 Å². The molecule has 3 aromatic rings. The first-order valence-electron chi connectivity index (χ1n) is 12.8. The molecule has 2 heterocycles. The quantitative estimate of drug-likeness (QED) is 0.103. The van der Waals surface area contributed by atoms with Crippen molar-refractivity contribution in [3.8, 4) is 5.75 Å². The smallest absolute Gasteiger partial charge is 0.494 e. The fraction of sp³-hybridized carbons (Fsp3) is 0.370. The highest BCUT2D eigenvalue weighted by atomic mass is 32.2. The van der Waals surface area contributed by atoms with Crippen LogP contribution < -0.4 is 9.30 Å². The number of amides is 1. The number of aryl methyl sites for hydroxylation is 1. The van der Waals surface area contributed by atoms with Gasteiger partial charge < -0.3 is 31.6 Å². The minimum atomic E-state index is -6.00. The lowest BCUT2D eigenvalue weighted by molar-refractivity contribution is -0.671. The number of rotatable bonds is 11. The molecule has 0 N–H and O–H groups in total. The number of ether oxygens (including phenoxy) is 2. The zero-order valence-electron chi connectivity index (χ0n) is 22.3. The van der Waals surface area contributed by atoms with Crippen LogP contribution in [0.3, 0.4) is 0 Å². The standard InChI is InChI=1S/C27H32N3O4S.BF4/c1-21-26(32)30(19-22-7-4-3-5-8-22)27(35-21)23-10-12-24(13-11-23)33-17-6-9-25(31)34-18-16-29-15-14-28(2)20-29;2-1(3,4)5/h3-5,7-8,10-15,20-21,27H,6,9,16-19H2,1-2H3;/q+1;-1. The second-order valence-electron chi connectivity index (χ2n) is 9.14. The molecule has 7 nitrogen and oxygen atoms in total. The Morgan fingerprint density at radius 1 is 1.05 bits per heavy atom. The Morgan fingerprint density at radius 2 is 1.73 bits per heavy atom. The molecule has 2 aromatic carbocycles. The number of carbonyl (C=O) groups is 2. The number of halogens is 4. The molecule has 2 unspecified atom stereocenters. The van der Waals surface area contributed by atoms with Gasteiger partial charge in [0.05, 0.1) is 18.9 Å². The van der Waals surface area contributed by atoms with E-state index in [1.54, 1.807) is 11.8 Å². The number of nitrogens with zero attached hydrogens (tertiary/aromatic N) is 3. The molecule has 0 saturated carbocycles. The van der Waals surface area contributed by atoms with E-state index in [0.717, 1.165) is 16.9 Å². The molecule has 0 spiro atoms. The van der Waals surface area contributed by atoms with Crippen molar-refractivity contribution in [2.45, 2.75) is 43.5 Å². The molecular weight excluding hydrogens is 549 g/mol. The van der Waals surface area contributed by atoms with E-state index in [0.29, 0.717) is 39.1 Å². The van der Waals surface area contributed by atoms with Crippen LogP contribution in [-0.2, 0) is 34.5 Å². The van der Waals surface area contributed by atoms with Gasteiger partial charge in [0.1, 0.15) is 36.7 Å². The van der Waals surface area contributed by atoms with Gasteiger partial charge in [0.2, 0.25) is 12.2 Å². The van der Waals surface area contributed by atoms with E-state index in [-0.39, 0.29) is 22.5 Å². The van der Waals surface area contributed by atoms with Gasteiger partial charge in [-0.2, -0.15) is 0 Å². The van der Waals surface area contributed by atoms with Gasteiger partial charge >= 0.3 is 13.2 Å². The van der Waals surface area contributed by atoms with E-state index in [2.05, 4.69) is 0 Å². The number of thioether (sulfide) groups is 1. The van der Waals surface area contributed by atoms with Crippen molar-refractivity contribution < 1.29 is 40.9 Å². The molecule has 1 fully saturated rings. The Kier molecular flexibility index (Phi) is 11.5. The molecule has 1 aliphatic heterocycles. The normalized spacial score (nSPS) is 16.9. The number of carbonyl (C=O) groups excluding carboxylic acids is 2. The number of hydrogen-bond donors (Lipinski definition) is 0. The summed E-state index contributed by atoms with van der Waals surface area (Å²) < 4.78 is 54.0. The first-order valence-corrected chi connectivity index (χ1v) is 13.7. The highest BCUT2D eigenvalue weighted by molar-refractivity contribution is 8.01. The van der Waals surface area contributed by atoms with Crippen LogP contribution in [0.1, 0.15) is 36.3 Å². The van der Waals surface area contributed by atoms with E-state index in [1.165, 1.54) is 0 Å². The number of esters is 1. The molecule has 1 saturated heterocycles. The van der Waals surface area contributed by atoms with Gasteiger partial charge in [-0.25, -0.2) is 9.13 Å². The maximum absolute atomic E-state index is 12.8. The Hall–Kier alpha value is -3.48. The number of hydrogen-bond acceptors (Lipinski definition) is 5. The predicted octanol–water partition coefficient (Wildman–Crippen LogP) is 5.18. The maximum Gasteiger partial charge on any atom is 0.673 e. The van der Waals surface area contributed by atoms with Crippen LogP contribution in [0.2, 0.25) is 0 Å².